The van der Waals surface area contributed by atoms with Crippen molar-refractivity contribution in [3.8, 4) is 10.4 Å². The van der Waals surface area contributed by atoms with Gasteiger partial charge in [0.05, 0.1) is 17.5 Å². The van der Waals surface area contributed by atoms with Gasteiger partial charge in [0.2, 0.25) is 0 Å². The molecule has 4 heteroatoms. The highest BCUT2D eigenvalue weighted by atomic mass is 32.1. The average molecular weight is 302 g/mol. The lowest BCUT2D eigenvalue weighted by molar-refractivity contribution is 0.0316. The van der Waals surface area contributed by atoms with E-state index in [1.807, 2.05) is 19.2 Å². The van der Waals surface area contributed by atoms with Gasteiger partial charge in [0.15, 0.2) is 0 Å². The third kappa shape index (κ3) is 3.51. The molecule has 1 aliphatic heterocycles. The smallest absolute Gasteiger partial charge is 0.107 e. The number of hydrogen-bond acceptors (Lipinski definition) is 4. The fourth-order valence-corrected chi connectivity index (χ4v) is 4.00. The second-order valence-corrected chi connectivity index (χ2v) is 6.87. The zero-order chi connectivity index (χ0) is 14.7. The van der Waals surface area contributed by atoms with E-state index >= 15 is 0 Å². The molecule has 0 bridgehead atoms. The van der Waals surface area contributed by atoms with Gasteiger partial charge in [-0.15, -0.1) is 11.3 Å². The summed E-state index contributed by atoms with van der Waals surface area (Å²) in [6, 6.07) is 10.7. The summed E-state index contributed by atoms with van der Waals surface area (Å²) < 4.78 is 0. The summed E-state index contributed by atoms with van der Waals surface area (Å²) in [4.78, 5) is 8.19. The second-order valence-electron chi connectivity index (χ2n) is 5.76. The fraction of sp³-hybridized carbons (Fsp3) is 0.471. The molecule has 0 amide bonds. The molecular weight excluding hydrogens is 280 g/mol. The van der Waals surface area contributed by atoms with Gasteiger partial charge in [-0.05, 0) is 31.9 Å². The molecule has 0 aliphatic carbocycles. The Kier molecular flexibility index (Phi) is 4.68. The van der Waals surface area contributed by atoms with Gasteiger partial charge in [-0.25, -0.2) is 4.98 Å². The molecule has 1 N–H and O–H groups in total. The van der Waals surface area contributed by atoms with Gasteiger partial charge in [0, 0.05) is 12.2 Å². The van der Waals surface area contributed by atoms with E-state index in [0.717, 1.165) is 24.5 Å². The van der Waals surface area contributed by atoms with Gasteiger partial charge in [0.25, 0.3) is 0 Å². The summed E-state index contributed by atoms with van der Waals surface area (Å²) in [7, 11) is 0. The number of aromatic nitrogens is 1. The molecule has 3 nitrogen and oxygen atoms in total. The molecule has 1 aromatic carbocycles. The molecule has 3 rings (SSSR count). The van der Waals surface area contributed by atoms with E-state index in [4.69, 9.17) is 0 Å². The Labute approximate surface area is 130 Å². The number of aliphatic hydroxyl groups is 1. The number of rotatable bonds is 4. The average Bonchev–Trinajstić information content (AvgIpc) is 2.97. The first kappa shape index (κ1) is 14.7. The van der Waals surface area contributed by atoms with Crippen molar-refractivity contribution in [1.82, 2.24) is 9.88 Å². The topological polar surface area (TPSA) is 36.4 Å². The summed E-state index contributed by atoms with van der Waals surface area (Å²) in [6.07, 6.45) is 5.24. The van der Waals surface area contributed by atoms with Crippen molar-refractivity contribution in [3.05, 3.63) is 41.5 Å². The molecule has 2 unspecified atom stereocenters. The van der Waals surface area contributed by atoms with Crippen molar-refractivity contribution < 1.29 is 5.11 Å². The second kappa shape index (κ2) is 6.69. The van der Waals surface area contributed by atoms with Crippen molar-refractivity contribution in [2.24, 2.45) is 0 Å². The molecule has 1 fully saturated rings. The minimum absolute atomic E-state index is 0.265. The molecule has 2 atom stereocenters. The monoisotopic (exact) mass is 302 g/mol. The van der Waals surface area contributed by atoms with E-state index in [2.05, 4.69) is 34.1 Å². The van der Waals surface area contributed by atoms with E-state index in [-0.39, 0.29) is 12.1 Å². The highest BCUT2D eigenvalue weighted by Gasteiger charge is 2.26. The normalized spacial score (nSPS) is 21.3. The largest absolute Gasteiger partial charge is 0.392 e. The highest BCUT2D eigenvalue weighted by Crippen LogP contribution is 2.28. The minimum atomic E-state index is -0.265. The van der Waals surface area contributed by atoms with Crippen LogP contribution in [0.15, 0.2) is 36.5 Å². The fourth-order valence-electron chi connectivity index (χ4n) is 3.05. The summed E-state index contributed by atoms with van der Waals surface area (Å²) in [5.74, 6) is 0. The lowest BCUT2D eigenvalue weighted by atomic mass is 9.98. The molecule has 2 heterocycles. The van der Waals surface area contributed by atoms with E-state index < -0.39 is 0 Å². The first-order chi connectivity index (χ1) is 10.2. The van der Waals surface area contributed by atoms with E-state index in [1.54, 1.807) is 11.3 Å². The van der Waals surface area contributed by atoms with Crippen molar-refractivity contribution >= 4 is 11.3 Å². The van der Waals surface area contributed by atoms with Gasteiger partial charge in [0.1, 0.15) is 5.01 Å². The molecule has 21 heavy (non-hydrogen) atoms. The van der Waals surface area contributed by atoms with Crippen LogP contribution in [-0.2, 0) is 6.54 Å². The van der Waals surface area contributed by atoms with Gasteiger partial charge in [-0.3, -0.25) is 4.90 Å². The van der Waals surface area contributed by atoms with Crippen LogP contribution in [0.4, 0.5) is 0 Å². The molecule has 0 saturated carbocycles. The number of nitrogens with zero attached hydrogens (tertiary/aromatic N) is 2. The zero-order valence-electron chi connectivity index (χ0n) is 12.4. The van der Waals surface area contributed by atoms with Crippen molar-refractivity contribution in [3.63, 3.8) is 0 Å². The Morgan fingerprint density at radius 3 is 2.90 bits per heavy atom. The maximum Gasteiger partial charge on any atom is 0.107 e. The zero-order valence-corrected chi connectivity index (χ0v) is 13.2. The standard InChI is InChI=1S/C17H22N2OS/c1-13(20)15-9-5-6-10-19(15)12-17-18-11-16(21-17)14-7-3-2-4-8-14/h2-4,7-8,11,13,15,20H,5-6,9-10,12H2,1H3. The van der Waals surface area contributed by atoms with Crippen molar-refractivity contribution in [2.75, 3.05) is 6.54 Å². The van der Waals surface area contributed by atoms with Crippen LogP contribution < -0.4 is 0 Å². The SMILES string of the molecule is CC(O)C1CCCCN1Cc1ncc(-c2ccccc2)s1. The molecule has 112 valence electrons. The molecule has 0 radical (unpaired) electrons. The molecule has 1 aliphatic rings. The van der Waals surface area contributed by atoms with Crippen molar-refractivity contribution in [2.45, 2.75) is 44.9 Å². The first-order valence-corrected chi connectivity index (χ1v) is 8.48. The highest BCUT2D eigenvalue weighted by molar-refractivity contribution is 7.15. The van der Waals surface area contributed by atoms with Crippen molar-refractivity contribution in [1.29, 1.82) is 0 Å². The Hall–Kier alpha value is -1.23. The first-order valence-electron chi connectivity index (χ1n) is 7.66. The molecule has 0 spiro atoms. The van der Waals surface area contributed by atoms with Crippen LogP contribution in [-0.4, -0.2) is 33.7 Å². The maximum atomic E-state index is 9.95. The van der Waals surface area contributed by atoms with Crippen LogP contribution in [0.3, 0.4) is 0 Å². The van der Waals surface area contributed by atoms with Crippen LogP contribution in [0.1, 0.15) is 31.2 Å². The number of aliphatic hydroxyl groups excluding tert-OH is 1. The van der Waals surface area contributed by atoms with Crippen LogP contribution in [0.2, 0.25) is 0 Å². The van der Waals surface area contributed by atoms with E-state index in [0.29, 0.717) is 0 Å². The third-order valence-electron chi connectivity index (χ3n) is 4.17. The van der Waals surface area contributed by atoms with Crippen LogP contribution in [0.5, 0.6) is 0 Å². The Balaban J connectivity index is 1.72. The number of thiazole rings is 1. The lowest BCUT2D eigenvalue weighted by Crippen LogP contribution is -2.45. The third-order valence-corrected chi connectivity index (χ3v) is 5.20. The summed E-state index contributed by atoms with van der Waals surface area (Å²) in [5, 5.41) is 11.1. The summed E-state index contributed by atoms with van der Waals surface area (Å²) >= 11 is 1.76. The number of likely N-dealkylation sites (tertiary alicyclic amines) is 1. The van der Waals surface area contributed by atoms with Crippen LogP contribution >= 0.6 is 11.3 Å². The predicted molar refractivity (Wildman–Crippen MR) is 87.3 cm³/mol. The molecule has 2 aromatic rings. The lowest BCUT2D eigenvalue weighted by Gasteiger charge is -2.36. The molecular formula is C17H22N2OS. The van der Waals surface area contributed by atoms with Gasteiger partial charge in [-0.2, -0.15) is 0 Å². The van der Waals surface area contributed by atoms with Crippen LogP contribution in [0, 0.1) is 0 Å². The Morgan fingerprint density at radius 2 is 2.14 bits per heavy atom. The maximum absolute atomic E-state index is 9.95. The Bertz CT molecular complexity index is 567. The molecule has 1 aromatic heterocycles. The number of piperidine rings is 1. The van der Waals surface area contributed by atoms with Gasteiger partial charge < -0.3 is 5.11 Å². The quantitative estimate of drug-likeness (QED) is 0.938. The summed E-state index contributed by atoms with van der Waals surface area (Å²) in [6.45, 7) is 3.82. The number of benzene rings is 1. The minimum Gasteiger partial charge on any atom is -0.392 e. The van der Waals surface area contributed by atoms with E-state index in [1.165, 1.54) is 23.3 Å². The Morgan fingerprint density at radius 1 is 1.33 bits per heavy atom. The molecule has 1 saturated heterocycles. The van der Waals surface area contributed by atoms with Gasteiger partial charge in [-0.1, -0.05) is 36.8 Å². The summed E-state index contributed by atoms with van der Waals surface area (Å²) in [5.41, 5.74) is 1.23. The predicted octanol–water partition coefficient (Wildman–Crippen LogP) is 3.55. The number of hydrogen-bond donors (Lipinski definition) is 1. The van der Waals surface area contributed by atoms with Crippen LogP contribution in [0.25, 0.3) is 10.4 Å². The van der Waals surface area contributed by atoms with Gasteiger partial charge >= 0.3 is 0 Å². The van der Waals surface area contributed by atoms with E-state index in [9.17, 15) is 5.11 Å².